The molecule has 2 heterocycles. The smallest absolute Gasteiger partial charge is 0.191 e. The highest BCUT2D eigenvalue weighted by molar-refractivity contribution is 14.0. The predicted molar refractivity (Wildman–Crippen MR) is 111 cm³/mol. The van der Waals surface area contributed by atoms with Crippen LogP contribution in [0.3, 0.4) is 0 Å². The molecule has 0 spiro atoms. The number of halogens is 1. The van der Waals surface area contributed by atoms with Gasteiger partial charge in [0.15, 0.2) is 5.96 Å². The Labute approximate surface area is 166 Å². The third-order valence-electron chi connectivity index (χ3n) is 3.94. The van der Waals surface area contributed by atoms with Crippen LogP contribution in [-0.2, 0) is 11.3 Å². The monoisotopic (exact) mass is 455 g/mol. The lowest BCUT2D eigenvalue weighted by molar-refractivity contribution is 0.114. The number of guanidine groups is 1. The zero-order chi connectivity index (χ0) is 16.6. The van der Waals surface area contributed by atoms with Gasteiger partial charge in [-0.05, 0) is 31.9 Å². The summed E-state index contributed by atoms with van der Waals surface area (Å²) < 4.78 is 7.51. The number of aromatic nitrogens is 2. The van der Waals surface area contributed by atoms with Crippen molar-refractivity contribution in [3.63, 3.8) is 0 Å². The van der Waals surface area contributed by atoms with E-state index in [4.69, 9.17) is 4.74 Å². The van der Waals surface area contributed by atoms with Crippen LogP contribution in [0, 0.1) is 0 Å². The predicted octanol–water partition coefficient (Wildman–Crippen LogP) is 2.72. The lowest BCUT2D eigenvalue weighted by Crippen LogP contribution is -2.41. The van der Waals surface area contributed by atoms with Gasteiger partial charge in [0.1, 0.15) is 0 Å². The summed E-state index contributed by atoms with van der Waals surface area (Å²) in [5.74, 6) is 0.820. The second-order valence-corrected chi connectivity index (χ2v) is 5.84. The number of rotatable bonds is 6. The van der Waals surface area contributed by atoms with Crippen LogP contribution >= 0.6 is 24.0 Å². The number of nitrogens with zero attached hydrogens (tertiary/aromatic N) is 3. The first-order valence-electron chi connectivity index (χ1n) is 8.58. The minimum absolute atomic E-state index is 0. The molecule has 1 aliphatic heterocycles. The zero-order valence-electron chi connectivity index (χ0n) is 14.5. The van der Waals surface area contributed by atoms with E-state index in [1.54, 1.807) is 0 Å². The summed E-state index contributed by atoms with van der Waals surface area (Å²) in [5, 5.41) is 11.0. The van der Waals surface area contributed by atoms with Gasteiger partial charge in [0.05, 0.1) is 24.5 Å². The van der Waals surface area contributed by atoms with Crippen LogP contribution in [0.2, 0.25) is 0 Å². The minimum Gasteiger partial charge on any atom is -0.376 e. The average molecular weight is 455 g/mol. The quantitative estimate of drug-likeness (QED) is 0.400. The first kappa shape index (κ1) is 19.7. The number of para-hydroxylation sites is 1. The Bertz CT molecular complexity index is 652. The SMILES string of the molecule is CCNC(=NCc1cnn(-c2ccccc2)c1)NCC1CCCO1.I. The second kappa shape index (κ2) is 10.4. The van der Waals surface area contributed by atoms with Crippen LogP contribution in [-0.4, -0.2) is 41.5 Å². The maximum atomic E-state index is 5.64. The standard InChI is InChI=1S/C18H25N5O.HI/c1-2-19-18(21-13-17-9-6-10-24-17)20-11-15-12-22-23(14-15)16-7-4-3-5-8-16;/h3-5,7-8,12,14,17H,2,6,9-11,13H2,1H3,(H2,19,20,21);1H. The van der Waals surface area contributed by atoms with E-state index in [1.165, 1.54) is 0 Å². The third kappa shape index (κ3) is 6.00. The van der Waals surface area contributed by atoms with Crippen molar-refractivity contribution in [2.45, 2.75) is 32.4 Å². The van der Waals surface area contributed by atoms with Gasteiger partial charge in [0.2, 0.25) is 0 Å². The highest BCUT2D eigenvalue weighted by atomic mass is 127. The van der Waals surface area contributed by atoms with Gasteiger partial charge in [-0.25, -0.2) is 9.67 Å². The Morgan fingerprint density at radius 1 is 1.32 bits per heavy atom. The Morgan fingerprint density at radius 3 is 2.88 bits per heavy atom. The molecule has 1 atom stereocenters. The number of nitrogens with one attached hydrogen (secondary N) is 2. The Hall–Kier alpha value is -1.61. The van der Waals surface area contributed by atoms with Crippen molar-refractivity contribution in [1.29, 1.82) is 0 Å². The lowest BCUT2D eigenvalue weighted by atomic mass is 10.2. The van der Waals surface area contributed by atoms with E-state index in [1.807, 2.05) is 47.4 Å². The molecule has 2 aromatic rings. The average Bonchev–Trinajstić information content (AvgIpc) is 3.30. The van der Waals surface area contributed by atoms with Gasteiger partial charge in [-0.15, -0.1) is 24.0 Å². The molecule has 0 radical (unpaired) electrons. The van der Waals surface area contributed by atoms with Crippen molar-refractivity contribution < 1.29 is 4.74 Å². The molecular formula is C18H26IN5O. The summed E-state index contributed by atoms with van der Waals surface area (Å²) >= 11 is 0. The van der Waals surface area contributed by atoms with Crippen molar-refractivity contribution in [1.82, 2.24) is 20.4 Å². The number of aliphatic imine (C=N–C) groups is 1. The first-order valence-corrected chi connectivity index (χ1v) is 8.58. The van der Waals surface area contributed by atoms with E-state index in [0.29, 0.717) is 12.6 Å². The topological polar surface area (TPSA) is 63.5 Å². The molecule has 1 saturated heterocycles. The van der Waals surface area contributed by atoms with Crippen LogP contribution in [0.25, 0.3) is 5.69 Å². The maximum absolute atomic E-state index is 5.64. The van der Waals surface area contributed by atoms with Crippen molar-refractivity contribution in [2.75, 3.05) is 19.7 Å². The van der Waals surface area contributed by atoms with E-state index in [-0.39, 0.29) is 24.0 Å². The maximum Gasteiger partial charge on any atom is 0.191 e. The van der Waals surface area contributed by atoms with Crippen molar-refractivity contribution in [3.05, 3.63) is 48.3 Å². The van der Waals surface area contributed by atoms with Crippen molar-refractivity contribution in [3.8, 4) is 5.69 Å². The molecule has 1 unspecified atom stereocenters. The highest BCUT2D eigenvalue weighted by Gasteiger charge is 2.15. The zero-order valence-corrected chi connectivity index (χ0v) is 16.8. The van der Waals surface area contributed by atoms with E-state index in [9.17, 15) is 0 Å². The van der Waals surface area contributed by atoms with Crippen molar-refractivity contribution >= 4 is 29.9 Å². The molecule has 1 aromatic carbocycles. The Balaban J connectivity index is 0.00000225. The van der Waals surface area contributed by atoms with Crippen LogP contribution in [0.15, 0.2) is 47.7 Å². The van der Waals surface area contributed by atoms with Crippen LogP contribution < -0.4 is 10.6 Å². The molecule has 1 aromatic heterocycles. The second-order valence-electron chi connectivity index (χ2n) is 5.84. The van der Waals surface area contributed by atoms with E-state index in [2.05, 4.69) is 27.6 Å². The summed E-state index contributed by atoms with van der Waals surface area (Å²) in [6.07, 6.45) is 6.45. The molecule has 7 heteroatoms. The van der Waals surface area contributed by atoms with Gasteiger partial charge in [0, 0.05) is 31.5 Å². The fourth-order valence-corrected chi connectivity index (χ4v) is 2.69. The minimum atomic E-state index is 0. The first-order chi connectivity index (χ1) is 11.8. The van der Waals surface area contributed by atoms with Crippen LogP contribution in [0.5, 0.6) is 0 Å². The van der Waals surface area contributed by atoms with Crippen LogP contribution in [0.1, 0.15) is 25.3 Å². The van der Waals surface area contributed by atoms with Gasteiger partial charge < -0.3 is 15.4 Å². The van der Waals surface area contributed by atoms with Crippen molar-refractivity contribution in [2.24, 2.45) is 4.99 Å². The lowest BCUT2D eigenvalue weighted by Gasteiger charge is -2.14. The fraction of sp³-hybridized carbons (Fsp3) is 0.444. The van der Waals surface area contributed by atoms with Gasteiger partial charge in [-0.2, -0.15) is 5.10 Å². The molecule has 1 aliphatic rings. The summed E-state index contributed by atoms with van der Waals surface area (Å²) in [5.41, 5.74) is 2.13. The van der Waals surface area contributed by atoms with Gasteiger partial charge in [-0.3, -0.25) is 0 Å². The third-order valence-corrected chi connectivity index (χ3v) is 3.94. The van der Waals surface area contributed by atoms with Gasteiger partial charge in [0.25, 0.3) is 0 Å². The molecule has 1 fully saturated rings. The van der Waals surface area contributed by atoms with E-state index >= 15 is 0 Å². The molecule has 0 saturated carbocycles. The summed E-state index contributed by atoms with van der Waals surface area (Å²) in [6.45, 7) is 5.17. The molecule has 136 valence electrons. The molecule has 2 N–H and O–H groups in total. The Kier molecular flexibility index (Phi) is 8.20. The summed E-state index contributed by atoms with van der Waals surface area (Å²) in [4.78, 5) is 4.64. The summed E-state index contributed by atoms with van der Waals surface area (Å²) in [7, 11) is 0. The number of hydrogen-bond donors (Lipinski definition) is 2. The van der Waals surface area contributed by atoms with Crippen LogP contribution in [0.4, 0.5) is 0 Å². The summed E-state index contributed by atoms with van der Waals surface area (Å²) in [6, 6.07) is 10.1. The number of hydrogen-bond acceptors (Lipinski definition) is 3. The van der Waals surface area contributed by atoms with E-state index in [0.717, 1.165) is 49.7 Å². The molecule has 0 aliphatic carbocycles. The molecule has 0 amide bonds. The largest absolute Gasteiger partial charge is 0.376 e. The normalized spacial score (nSPS) is 17.2. The molecule has 0 bridgehead atoms. The highest BCUT2D eigenvalue weighted by Crippen LogP contribution is 2.11. The molecule has 3 rings (SSSR count). The number of benzene rings is 1. The fourth-order valence-electron chi connectivity index (χ4n) is 2.69. The van der Waals surface area contributed by atoms with Gasteiger partial charge in [-0.1, -0.05) is 18.2 Å². The molecule has 25 heavy (non-hydrogen) atoms. The van der Waals surface area contributed by atoms with E-state index < -0.39 is 0 Å². The Morgan fingerprint density at radius 2 is 2.16 bits per heavy atom. The van der Waals surface area contributed by atoms with Gasteiger partial charge >= 0.3 is 0 Å². The molecular weight excluding hydrogens is 429 g/mol. The molecule has 6 nitrogen and oxygen atoms in total. The number of ether oxygens (including phenoxy) is 1.